The molecule has 1 amide bonds. The largest absolute Gasteiger partial charge is 0.494 e. The predicted octanol–water partition coefficient (Wildman–Crippen LogP) is 3.62. The first-order valence-corrected chi connectivity index (χ1v) is 10.6. The molecule has 0 unspecified atom stereocenters. The van der Waals surface area contributed by atoms with Gasteiger partial charge in [-0.3, -0.25) is 9.69 Å². The highest BCUT2D eigenvalue weighted by Gasteiger charge is 2.22. The highest BCUT2D eigenvalue weighted by atomic mass is 19.1. The molecule has 0 radical (unpaired) electrons. The van der Waals surface area contributed by atoms with Gasteiger partial charge < -0.3 is 14.5 Å². The standard InChI is InChI=1S/C24H32FN3O2/c1-5-27(16-20-9-10-23(30-4)21(25)15-20)24(29)17-26-11-13-28(14-12-26)22-8-6-7-18(2)19(22)3/h6-10,15H,5,11-14,16-17H2,1-4H3. The zero-order valence-corrected chi connectivity index (χ0v) is 18.4. The van der Waals surface area contributed by atoms with E-state index in [0.29, 0.717) is 19.6 Å². The lowest BCUT2D eigenvalue weighted by atomic mass is 10.1. The van der Waals surface area contributed by atoms with Gasteiger partial charge in [-0.05, 0) is 55.7 Å². The Hall–Kier alpha value is -2.60. The summed E-state index contributed by atoms with van der Waals surface area (Å²) in [5, 5.41) is 0. The van der Waals surface area contributed by atoms with Gasteiger partial charge in [0.25, 0.3) is 0 Å². The van der Waals surface area contributed by atoms with Crippen LogP contribution in [0.5, 0.6) is 5.75 Å². The van der Waals surface area contributed by atoms with Crippen molar-refractivity contribution in [2.75, 3.05) is 51.3 Å². The number of carbonyl (C=O) groups excluding carboxylic acids is 1. The first-order valence-electron chi connectivity index (χ1n) is 10.6. The molecule has 0 aliphatic carbocycles. The van der Waals surface area contributed by atoms with Crippen molar-refractivity contribution in [3.63, 3.8) is 0 Å². The van der Waals surface area contributed by atoms with Crippen LogP contribution in [0.2, 0.25) is 0 Å². The molecule has 1 aliphatic rings. The fraction of sp³-hybridized carbons (Fsp3) is 0.458. The number of carbonyl (C=O) groups is 1. The topological polar surface area (TPSA) is 36.0 Å². The highest BCUT2D eigenvalue weighted by Crippen LogP contribution is 2.24. The van der Waals surface area contributed by atoms with E-state index < -0.39 is 5.82 Å². The number of nitrogens with zero attached hydrogens (tertiary/aromatic N) is 3. The second kappa shape index (κ2) is 9.94. The molecular formula is C24H32FN3O2. The Bertz CT molecular complexity index is 879. The minimum Gasteiger partial charge on any atom is -0.494 e. The zero-order chi connectivity index (χ0) is 21.7. The van der Waals surface area contributed by atoms with Crippen LogP contribution in [0.1, 0.15) is 23.6 Å². The summed E-state index contributed by atoms with van der Waals surface area (Å²) in [4.78, 5) is 19.2. The van der Waals surface area contributed by atoms with E-state index in [1.54, 1.807) is 17.0 Å². The van der Waals surface area contributed by atoms with Crippen molar-refractivity contribution in [3.05, 3.63) is 58.9 Å². The Kier molecular flexibility index (Phi) is 7.32. The summed E-state index contributed by atoms with van der Waals surface area (Å²) in [7, 11) is 1.44. The van der Waals surface area contributed by atoms with Crippen LogP contribution in [0.4, 0.5) is 10.1 Å². The van der Waals surface area contributed by atoms with E-state index in [4.69, 9.17) is 4.74 Å². The summed E-state index contributed by atoms with van der Waals surface area (Å²) in [5.74, 6) is -0.107. The molecule has 0 N–H and O–H groups in total. The molecule has 0 aromatic heterocycles. The maximum absolute atomic E-state index is 14.0. The minimum atomic E-state index is -0.402. The van der Waals surface area contributed by atoms with E-state index in [1.807, 2.05) is 6.92 Å². The molecule has 6 heteroatoms. The number of aryl methyl sites for hydroxylation is 1. The van der Waals surface area contributed by atoms with Crippen LogP contribution < -0.4 is 9.64 Å². The lowest BCUT2D eigenvalue weighted by Crippen LogP contribution is -2.50. The van der Waals surface area contributed by atoms with Crippen LogP contribution >= 0.6 is 0 Å². The molecule has 2 aromatic rings. The molecule has 0 saturated carbocycles. The number of hydrogen-bond donors (Lipinski definition) is 0. The van der Waals surface area contributed by atoms with Crippen molar-refractivity contribution in [3.8, 4) is 5.75 Å². The van der Waals surface area contributed by atoms with Gasteiger partial charge in [0.05, 0.1) is 13.7 Å². The van der Waals surface area contributed by atoms with E-state index in [-0.39, 0.29) is 11.7 Å². The number of piperazine rings is 1. The van der Waals surface area contributed by atoms with Crippen LogP contribution in [-0.2, 0) is 11.3 Å². The van der Waals surface area contributed by atoms with Gasteiger partial charge in [-0.15, -0.1) is 0 Å². The number of methoxy groups -OCH3 is 1. The normalized spacial score (nSPS) is 14.6. The monoisotopic (exact) mass is 413 g/mol. The van der Waals surface area contributed by atoms with E-state index in [2.05, 4.69) is 41.8 Å². The number of halogens is 1. The fourth-order valence-electron chi connectivity index (χ4n) is 3.92. The Balaban J connectivity index is 1.55. The summed E-state index contributed by atoms with van der Waals surface area (Å²) in [6.07, 6.45) is 0. The number of likely N-dealkylation sites (N-methyl/N-ethyl adjacent to an activating group) is 1. The molecule has 30 heavy (non-hydrogen) atoms. The van der Waals surface area contributed by atoms with Crippen molar-refractivity contribution in [2.45, 2.75) is 27.3 Å². The smallest absolute Gasteiger partial charge is 0.237 e. The predicted molar refractivity (Wildman–Crippen MR) is 119 cm³/mol. The molecule has 1 saturated heterocycles. The van der Waals surface area contributed by atoms with E-state index in [1.165, 1.54) is 30.0 Å². The Morgan fingerprint density at radius 2 is 1.87 bits per heavy atom. The van der Waals surface area contributed by atoms with Gasteiger partial charge in [0, 0.05) is 45.0 Å². The average Bonchev–Trinajstić information content (AvgIpc) is 2.74. The molecule has 2 aromatic carbocycles. The molecule has 162 valence electrons. The molecule has 5 nitrogen and oxygen atoms in total. The summed E-state index contributed by atoms with van der Waals surface area (Å²) < 4.78 is 18.9. The molecule has 3 rings (SSSR count). The SMILES string of the molecule is CCN(Cc1ccc(OC)c(F)c1)C(=O)CN1CCN(c2cccc(C)c2C)CC1. The van der Waals surface area contributed by atoms with Crippen molar-refractivity contribution < 1.29 is 13.9 Å². The van der Waals surface area contributed by atoms with Crippen molar-refractivity contribution in [2.24, 2.45) is 0 Å². The molecular weight excluding hydrogens is 381 g/mol. The van der Waals surface area contributed by atoms with Gasteiger partial charge in [-0.2, -0.15) is 0 Å². The van der Waals surface area contributed by atoms with Crippen LogP contribution in [0.3, 0.4) is 0 Å². The van der Waals surface area contributed by atoms with Crippen molar-refractivity contribution in [1.29, 1.82) is 0 Å². The highest BCUT2D eigenvalue weighted by molar-refractivity contribution is 5.78. The van der Waals surface area contributed by atoms with Gasteiger partial charge in [-0.25, -0.2) is 4.39 Å². The zero-order valence-electron chi connectivity index (χ0n) is 18.4. The van der Waals surface area contributed by atoms with Gasteiger partial charge in [0.2, 0.25) is 5.91 Å². The van der Waals surface area contributed by atoms with E-state index >= 15 is 0 Å². The average molecular weight is 414 g/mol. The molecule has 1 heterocycles. The van der Waals surface area contributed by atoms with Crippen molar-refractivity contribution in [1.82, 2.24) is 9.80 Å². The first kappa shape index (κ1) is 22.1. The van der Waals surface area contributed by atoms with Crippen LogP contribution in [0, 0.1) is 19.7 Å². The second-order valence-electron chi connectivity index (χ2n) is 7.86. The molecule has 0 atom stereocenters. The van der Waals surface area contributed by atoms with Gasteiger partial charge >= 0.3 is 0 Å². The van der Waals surface area contributed by atoms with Gasteiger partial charge in [0.15, 0.2) is 11.6 Å². The second-order valence-corrected chi connectivity index (χ2v) is 7.86. The molecule has 0 bridgehead atoms. The van der Waals surface area contributed by atoms with Gasteiger partial charge in [0.1, 0.15) is 0 Å². The van der Waals surface area contributed by atoms with Gasteiger partial charge in [-0.1, -0.05) is 18.2 Å². The quantitative estimate of drug-likeness (QED) is 0.695. The van der Waals surface area contributed by atoms with E-state index in [9.17, 15) is 9.18 Å². The Morgan fingerprint density at radius 1 is 1.13 bits per heavy atom. The Morgan fingerprint density at radius 3 is 2.50 bits per heavy atom. The molecule has 1 fully saturated rings. The minimum absolute atomic E-state index is 0.0777. The summed E-state index contributed by atoms with van der Waals surface area (Å²) in [6.45, 7) is 11.2. The number of amides is 1. The number of rotatable bonds is 7. The lowest BCUT2D eigenvalue weighted by Gasteiger charge is -2.37. The molecule has 1 aliphatic heterocycles. The maximum Gasteiger partial charge on any atom is 0.237 e. The summed E-state index contributed by atoms with van der Waals surface area (Å²) in [6, 6.07) is 11.3. The van der Waals surface area contributed by atoms with Crippen LogP contribution in [0.15, 0.2) is 36.4 Å². The van der Waals surface area contributed by atoms with Crippen molar-refractivity contribution >= 4 is 11.6 Å². The Labute approximate surface area is 179 Å². The summed E-state index contributed by atoms with van der Waals surface area (Å²) in [5.41, 5.74) is 4.69. The van der Waals surface area contributed by atoms with Crippen LogP contribution in [-0.4, -0.2) is 62.1 Å². The maximum atomic E-state index is 14.0. The lowest BCUT2D eigenvalue weighted by molar-refractivity contribution is -0.132. The number of anilines is 1. The number of benzene rings is 2. The number of hydrogen-bond acceptors (Lipinski definition) is 4. The third-order valence-electron chi connectivity index (χ3n) is 5.97. The summed E-state index contributed by atoms with van der Waals surface area (Å²) >= 11 is 0. The molecule has 0 spiro atoms. The van der Waals surface area contributed by atoms with E-state index in [0.717, 1.165) is 31.7 Å². The third kappa shape index (κ3) is 5.11. The third-order valence-corrected chi connectivity index (χ3v) is 5.97. The fourth-order valence-corrected chi connectivity index (χ4v) is 3.92. The van der Waals surface area contributed by atoms with Crippen LogP contribution in [0.25, 0.3) is 0 Å². The first-order chi connectivity index (χ1) is 14.4. The number of ether oxygens (including phenoxy) is 1.